The molecule has 2 aliphatic rings. The number of aromatic nitrogens is 1. The van der Waals surface area contributed by atoms with Gasteiger partial charge in [-0.15, -0.1) is 0 Å². The van der Waals surface area contributed by atoms with Crippen molar-refractivity contribution in [1.29, 1.82) is 0 Å². The van der Waals surface area contributed by atoms with Crippen molar-refractivity contribution >= 4 is 17.5 Å². The topological polar surface area (TPSA) is 69.9 Å². The van der Waals surface area contributed by atoms with Crippen LogP contribution in [0.2, 0.25) is 0 Å². The molecule has 0 saturated carbocycles. The molecule has 1 fully saturated rings. The molecule has 1 saturated heterocycles. The summed E-state index contributed by atoms with van der Waals surface area (Å²) in [5, 5.41) is 4.14. The fourth-order valence-electron chi connectivity index (χ4n) is 4.56. The number of hydrogen-bond donors (Lipinski definition) is 0. The smallest absolute Gasteiger partial charge is 0.259 e. The van der Waals surface area contributed by atoms with E-state index in [-0.39, 0.29) is 11.8 Å². The molecule has 0 N–H and O–H groups in total. The number of rotatable bonds is 4. The molecule has 0 bridgehead atoms. The normalized spacial score (nSPS) is 16.3. The Morgan fingerprint density at radius 2 is 1.66 bits per heavy atom. The molecule has 0 radical (unpaired) electrons. The Hall–Kier alpha value is -3.45. The van der Waals surface area contributed by atoms with Crippen molar-refractivity contribution in [1.82, 2.24) is 15.0 Å². The van der Waals surface area contributed by atoms with E-state index in [1.807, 2.05) is 58.3 Å². The van der Waals surface area contributed by atoms with Crippen molar-refractivity contribution in [2.24, 2.45) is 0 Å². The third kappa shape index (κ3) is 3.80. The Morgan fingerprint density at radius 1 is 0.938 bits per heavy atom. The van der Waals surface area contributed by atoms with Gasteiger partial charge in [-0.05, 0) is 25.0 Å². The number of anilines is 1. The molecule has 7 nitrogen and oxygen atoms in total. The molecule has 164 valence electrons. The number of amides is 2. The van der Waals surface area contributed by atoms with Crippen LogP contribution >= 0.6 is 0 Å². The van der Waals surface area contributed by atoms with E-state index >= 15 is 0 Å². The summed E-state index contributed by atoms with van der Waals surface area (Å²) in [7, 11) is 0. The van der Waals surface area contributed by atoms with E-state index in [2.05, 4.69) is 16.1 Å². The van der Waals surface area contributed by atoms with Crippen LogP contribution in [0, 0.1) is 6.92 Å². The summed E-state index contributed by atoms with van der Waals surface area (Å²) in [5.74, 6) is 0.581. The summed E-state index contributed by atoms with van der Waals surface area (Å²) >= 11 is 0. The average molecular weight is 431 g/mol. The highest BCUT2D eigenvalue weighted by Gasteiger charge is 2.30. The van der Waals surface area contributed by atoms with Gasteiger partial charge >= 0.3 is 0 Å². The molecular formula is C25H26N4O3. The predicted molar refractivity (Wildman–Crippen MR) is 122 cm³/mol. The molecule has 0 unspecified atom stereocenters. The van der Waals surface area contributed by atoms with Gasteiger partial charge in [0.05, 0.1) is 6.54 Å². The Balaban J connectivity index is 1.22. The van der Waals surface area contributed by atoms with E-state index in [1.54, 1.807) is 6.92 Å². The first-order chi connectivity index (χ1) is 15.6. The van der Waals surface area contributed by atoms with Gasteiger partial charge in [0.1, 0.15) is 17.0 Å². The molecule has 0 atom stereocenters. The lowest BCUT2D eigenvalue weighted by Gasteiger charge is -2.35. The molecule has 3 heterocycles. The van der Waals surface area contributed by atoms with Crippen molar-refractivity contribution in [2.45, 2.75) is 13.3 Å². The summed E-state index contributed by atoms with van der Waals surface area (Å²) < 4.78 is 5.36. The van der Waals surface area contributed by atoms with Crippen molar-refractivity contribution in [3.63, 3.8) is 0 Å². The molecule has 0 spiro atoms. The fraction of sp³-hybridized carbons (Fsp3) is 0.320. The van der Waals surface area contributed by atoms with Gasteiger partial charge in [-0.2, -0.15) is 0 Å². The Kier molecular flexibility index (Phi) is 5.49. The van der Waals surface area contributed by atoms with Gasteiger partial charge in [-0.25, -0.2) is 0 Å². The van der Waals surface area contributed by atoms with Gasteiger partial charge in [-0.3, -0.25) is 14.5 Å². The number of fused-ring (bicyclic) bond motifs is 1. The Bertz CT molecular complexity index is 1130. The number of piperazine rings is 1. The highest BCUT2D eigenvalue weighted by atomic mass is 16.5. The predicted octanol–water partition coefficient (Wildman–Crippen LogP) is 3.00. The van der Waals surface area contributed by atoms with Crippen molar-refractivity contribution in [3.8, 4) is 11.3 Å². The first-order valence-electron chi connectivity index (χ1n) is 11.0. The third-order valence-electron chi connectivity index (χ3n) is 6.33. The summed E-state index contributed by atoms with van der Waals surface area (Å²) in [4.78, 5) is 32.0. The van der Waals surface area contributed by atoms with Crippen LogP contribution in [-0.2, 0) is 11.2 Å². The van der Waals surface area contributed by atoms with Gasteiger partial charge in [0.25, 0.3) is 5.91 Å². The van der Waals surface area contributed by atoms with Crippen LogP contribution in [0.4, 0.5) is 5.69 Å². The Labute approximate surface area is 187 Å². The fourth-order valence-corrected chi connectivity index (χ4v) is 4.56. The second-order valence-electron chi connectivity index (χ2n) is 8.32. The van der Waals surface area contributed by atoms with E-state index < -0.39 is 0 Å². The molecule has 5 rings (SSSR count). The van der Waals surface area contributed by atoms with E-state index in [0.717, 1.165) is 24.2 Å². The Morgan fingerprint density at radius 3 is 2.44 bits per heavy atom. The minimum Gasteiger partial charge on any atom is -0.360 e. The molecule has 2 aromatic carbocycles. The van der Waals surface area contributed by atoms with Gasteiger partial charge in [-0.1, -0.05) is 53.7 Å². The SMILES string of the molecule is Cc1onc(-c2ccccc2)c1C(=O)N1CCN(CC(=O)N2CCc3ccccc32)CC1. The second kappa shape index (κ2) is 8.59. The number of hydrogen-bond acceptors (Lipinski definition) is 5. The van der Waals surface area contributed by atoms with E-state index in [4.69, 9.17) is 4.52 Å². The summed E-state index contributed by atoms with van der Waals surface area (Å²) in [6.07, 6.45) is 0.909. The van der Waals surface area contributed by atoms with Gasteiger partial charge in [0.15, 0.2) is 0 Å². The van der Waals surface area contributed by atoms with Gasteiger partial charge < -0.3 is 14.3 Å². The lowest BCUT2D eigenvalue weighted by molar-refractivity contribution is -0.120. The molecule has 32 heavy (non-hydrogen) atoms. The average Bonchev–Trinajstić information content (AvgIpc) is 3.43. The van der Waals surface area contributed by atoms with E-state index in [9.17, 15) is 9.59 Å². The summed E-state index contributed by atoms with van der Waals surface area (Å²) in [6, 6.07) is 17.7. The zero-order valence-electron chi connectivity index (χ0n) is 18.2. The van der Waals surface area contributed by atoms with E-state index in [0.29, 0.717) is 49.7 Å². The number of nitrogens with zero attached hydrogens (tertiary/aromatic N) is 4. The maximum absolute atomic E-state index is 13.3. The van der Waals surface area contributed by atoms with Crippen LogP contribution in [0.1, 0.15) is 21.7 Å². The number of carbonyl (C=O) groups is 2. The van der Waals surface area contributed by atoms with Crippen LogP contribution in [0.25, 0.3) is 11.3 Å². The summed E-state index contributed by atoms with van der Waals surface area (Å²) in [6.45, 7) is 5.36. The van der Waals surface area contributed by atoms with Crippen molar-refractivity contribution < 1.29 is 14.1 Å². The van der Waals surface area contributed by atoms with Crippen LogP contribution in [0.5, 0.6) is 0 Å². The lowest BCUT2D eigenvalue weighted by atomic mass is 10.0. The molecule has 7 heteroatoms. The zero-order valence-corrected chi connectivity index (χ0v) is 18.2. The van der Waals surface area contributed by atoms with Gasteiger partial charge in [0, 0.05) is 44.0 Å². The first kappa shape index (κ1) is 20.5. The zero-order chi connectivity index (χ0) is 22.1. The highest BCUT2D eigenvalue weighted by molar-refractivity contribution is 6.01. The minimum atomic E-state index is -0.0675. The van der Waals surface area contributed by atoms with E-state index in [1.165, 1.54) is 5.56 Å². The first-order valence-corrected chi connectivity index (χ1v) is 11.0. The maximum Gasteiger partial charge on any atom is 0.259 e. The quantitative estimate of drug-likeness (QED) is 0.637. The second-order valence-corrected chi connectivity index (χ2v) is 8.32. The van der Waals surface area contributed by atoms with Crippen molar-refractivity contribution in [2.75, 3.05) is 44.2 Å². The molecule has 0 aliphatic carbocycles. The van der Waals surface area contributed by atoms with Gasteiger partial charge in [0.2, 0.25) is 5.91 Å². The van der Waals surface area contributed by atoms with Crippen LogP contribution in [0.3, 0.4) is 0 Å². The van der Waals surface area contributed by atoms with Crippen LogP contribution < -0.4 is 4.90 Å². The lowest BCUT2D eigenvalue weighted by Crippen LogP contribution is -2.51. The highest BCUT2D eigenvalue weighted by Crippen LogP contribution is 2.28. The number of aryl methyl sites for hydroxylation is 1. The molecule has 2 amide bonds. The molecule has 1 aromatic heterocycles. The number of carbonyl (C=O) groups excluding carboxylic acids is 2. The third-order valence-corrected chi connectivity index (χ3v) is 6.33. The molecule has 2 aliphatic heterocycles. The molecular weight excluding hydrogens is 404 g/mol. The standard InChI is InChI=1S/C25H26N4O3/c1-18-23(24(26-32-18)20-8-3-2-4-9-20)25(31)28-15-13-27(14-16-28)17-22(30)29-12-11-19-7-5-6-10-21(19)29/h2-10H,11-17H2,1H3. The monoisotopic (exact) mass is 430 g/mol. The molecule has 3 aromatic rings. The van der Waals surface area contributed by atoms with Crippen LogP contribution in [0.15, 0.2) is 59.1 Å². The maximum atomic E-state index is 13.3. The minimum absolute atomic E-state index is 0.0675. The number of para-hydroxylation sites is 1. The van der Waals surface area contributed by atoms with Crippen LogP contribution in [-0.4, -0.2) is 66.0 Å². The van der Waals surface area contributed by atoms with Crippen molar-refractivity contribution in [3.05, 3.63) is 71.5 Å². The number of benzene rings is 2. The largest absolute Gasteiger partial charge is 0.360 e. The summed E-state index contributed by atoms with van der Waals surface area (Å²) in [5.41, 5.74) is 4.23.